The third kappa shape index (κ3) is 6.53. The van der Waals surface area contributed by atoms with Gasteiger partial charge in [-0.25, -0.2) is 15.0 Å². The number of rotatable bonds is 5. The summed E-state index contributed by atoms with van der Waals surface area (Å²) in [6, 6.07) is 11.4. The van der Waals surface area contributed by atoms with Crippen molar-refractivity contribution in [1.29, 1.82) is 0 Å². The fraction of sp³-hybridized carbons (Fsp3) is 0.381. The lowest BCUT2D eigenvalue weighted by Gasteiger charge is -2.39. The second kappa shape index (κ2) is 12.4. The van der Waals surface area contributed by atoms with Crippen molar-refractivity contribution in [2.75, 3.05) is 5.32 Å². The van der Waals surface area contributed by atoms with Gasteiger partial charge in [-0.3, -0.25) is 4.90 Å². The summed E-state index contributed by atoms with van der Waals surface area (Å²) in [5.74, 6) is 1.59. The van der Waals surface area contributed by atoms with Crippen molar-refractivity contribution in [2.24, 2.45) is 0 Å². The van der Waals surface area contributed by atoms with E-state index in [1.54, 1.807) is 17.5 Å². The second-order valence-electron chi connectivity index (χ2n) is 7.22. The largest absolute Gasteiger partial charge is 0.325 e. The molecule has 0 bridgehead atoms. The number of pyridine rings is 2. The summed E-state index contributed by atoms with van der Waals surface area (Å²) in [6.45, 7) is 5.63. The maximum absolute atomic E-state index is 4.63. The average Bonchev–Trinajstić information content (AvgIpc) is 3.21. The van der Waals surface area contributed by atoms with Crippen LogP contribution < -0.4 is 5.32 Å². The molecule has 1 aliphatic heterocycles. The first-order valence-electron chi connectivity index (χ1n) is 9.53. The summed E-state index contributed by atoms with van der Waals surface area (Å²) in [4.78, 5) is 16.1. The van der Waals surface area contributed by atoms with Crippen LogP contribution in [-0.4, -0.2) is 31.9 Å². The number of halogens is 3. The van der Waals surface area contributed by atoms with Crippen LogP contribution in [0.4, 0.5) is 11.6 Å². The molecule has 0 spiro atoms. The number of nitrogens with zero attached hydrogens (tertiary/aromatic N) is 4. The number of anilines is 2. The Balaban J connectivity index is 0.00000150. The Labute approximate surface area is 201 Å². The van der Waals surface area contributed by atoms with Gasteiger partial charge in [-0.15, -0.1) is 48.6 Å². The first kappa shape index (κ1) is 26.6. The van der Waals surface area contributed by atoms with Gasteiger partial charge in [0.15, 0.2) is 0 Å². The Morgan fingerprint density at radius 1 is 1.00 bits per heavy atom. The summed E-state index contributed by atoms with van der Waals surface area (Å²) in [7, 11) is 0. The van der Waals surface area contributed by atoms with Crippen LogP contribution in [0.5, 0.6) is 0 Å². The van der Waals surface area contributed by atoms with E-state index < -0.39 is 0 Å². The molecule has 0 aliphatic carbocycles. The molecule has 0 radical (unpaired) electrons. The maximum atomic E-state index is 4.63. The van der Waals surface area contributed by atoms with Gasteiger partial charge < -0.3 is 5.32 Å². The van der Waals surface area contributed by atoms with Crippen LogP contribution in [0.25, 0.3) is 10.7 Å². The van der Waals surface area contributed by atoms with Gasteiger partial charge in [0.25, 0.3) is 0 Å². The first-order chi connectivity index (χ1) is 13.2. The third-order valence-corrected chi connectivity index (χ3v) is 6.02. The molecule has 5 nitrogen and oxygen atoms in total. The number of likely N-dealkylation sites (tertiary alicyclic amines) is 1. The minimum absolute atomic E-state index is 0. The van der Waals surface area contributed by atoms with Gasteiger partial charge >= 0.3 is 0 Å². The van der Waals surface area contributed by atoms with E-state index in [1.807, 2.05) is 35.8 Å². The number of hydrogen-bond acceptors (Lipinski definition) is 6. The molecule has 1 N–H and O–H groups in total. The molecule has 2 unspecified atom stereocenters. The molecule has 9 heteroatoms. The van der Waals surface area contributed by atoms with Crippen molar-refractivity contribution in [3.05, 3.63) is 53.7 Å². The summed E-state index contributed by atoms with van der Waals surface area (Å²) in [5.41, 5.74) is 2.13. The second-order valence-corrected chi connectivity index (χ2v) is 8.12. The maximum Gasteiger partial charge on any atom is 0.141 e. The van der Waals surface area contributed by atoms with Gasteiger partial charge in [-0.1, -0.05) is 18.6 Å². The normalized spacial score (nSPS) is 18.5. The lowest BCUT2D eigenvalue weighted by molar-refractivity contribution is 0.0952. The molecule has 4 rings (SSSR count). The lowest BCUT2D eigenvalue weighted by atomic mass is 9.97. The minimum atomic E-state index is 0. The van der Waals surface area contributed by atoms with E-state index in [-0.39, 0.29) is 37.2 Å². The SMILES string of the molecule is CC1CCCC(C)N1Cc1ccc(Nc2cccc(-c3nccs3)n2)nc1.Cl.Cl.Cl. The van der Waals surface area contributed by atoms with Crippen molar-refractivity contribution in [2.45, 2.75) is 51.7 Å². The Morgan fingerprint density at radius 2 is 1.77 bits per heavy atom. The van der Waals surface area contributed by atoms with Crippen LogP contribution in [0, 0.1) is 0 Å². The van der Waals surface area contributed by atoms with E-state index in [2.05, 4.69) is 45.1 Å². The molecule has 164 valence electrons. The zero-order valence-electron chi connectivity index (χ0n) is 17.0. The molecule has 3 aromatic heterocycles. The molecule has 4 heterocycles. The molecule has 3 aromatic rings. The molecular weight excluding hydrogens is 461 g/mol. The summed E-state index contributed by atoms with van der Waals surface area (Å²) < 4.78 is 0. The van der Waals surface area contributed by atoms with Crippen LogP contribution >= 0.6 is 48.6 Å². The number of aromatic nitrogens is 3. The fourth-order valence-corrected chi connectivity index (χ4v) is 4.30. The summed E-state index contributed by atoms with van der Waals surface area (Å²) >= 11 is 1.59. The Morgan fingerprint density at radius 3 is 2.40 bits per heavy atom. The molecule has 1 saturated heterocycles. The molecule has 0 amide bonds. The molecule has 2 atom stereocenters. The highest BCUT2D eigenvalue weighted by Gasteiger charge is 2.24. The minimum Gasteiger partial charge on any atom is -0.325 e. The van der Waals surface area contributed by atoms with Gasteiger partial charge in [-0.2, -0.15) is 0 Å². The predicted octanol–water partition coefficient (Wildman–Crippen LogP) is 6.37. The molecule has 1 fully saturated rings. The van der Waals surface area contributed by atoms with E-state index in [9.17, 15) is 0 Å². The van der Waals surface area contributed by atoms with Crippen molar-refractivity contribution >= 4 is 60.2 Å². The predicted molar refractivity (Wildman–Crippen MR) is 133 cm³/mol. The summed E-state index contributed by atoms with van der Waals surface area (Å²) in [5, 5.41) is 6.18. The lowest BCUT2D eigenvalue weighted by Crippen LogP contribution is -2.42. The average molecular weight is 489 g/mol. The number of hydrogen-bond donors (Lipinski definition) is 1. The van der Waals surface area contributed by atoms with Crippen molar-refractivity contribution in [3.8, 4) is 10.7 Å². The number of piperidine rings is 1. The highest BCUT2D eigenvalue weighted by molar-refractivity contribution is 7.13. The highest BCUT2D eigenvalue weighted by atomic mass is 35.5. The topological polar surface area (TPSA) is 53.9 Å². The summed E-state index contributed by atoms with van der Waals surface area (Å²) in [6.07, 6.45) is 7.69. The number of thiazole rings is 1. The van der Waals surface area contributed by atoms with Crippen LogP contribution in [0.2, 0.25) is 0 Å². The van der Waals surface area contributed by atoms with Gasteiger partial charge in [0, 0.05) is 36.4 Å². The first-order valence-corrected chi connectivity index (χ1v) is 10.4. The van der Waals surface area contributed by atoms with Crippen LogP contribution in [0.1, 0.15) is 38.7 Å². The zero-order chi connectivity index (χ0) is 18.6. The Kier molecular flexibility index (Phi) is 11.0. The monoisotopic (exact) mass is 487 g/mol. The van der Waals surface area contributed by atoms with Crippen molar-refractivity contribution in [1.82, 2.24) is 19.9 Å². The standard InChI is InChI=1S/C21H25N5S.3ClH/c1-15-5-3-6-16(2)26(15)14-17-9-10-19(23-13-17)25-20-8-4-7-18(24-20)21-22-11-12-27-21;;;/h4,7-13,15-16H,3,5-6,14H2,1-2H3,(H,23,24,25);3*1H. The van der Waals surface area contributed by atoms with Crippen LogP contribution in [0.15, 0.2) is 48.1 Å². The number of nitrogens with one attached hydrogen (secondary N) is 1. The molecule has 1 aliphatic rings. The highest BCUT2D eigenvalue weighted by Crippen LogP contribution is 2.25. The molecule has 0 saturated carbocycles. The van der Waals surface area contributed by atoms with Gasteiger partial charge in [0.05, 0.1) is 0 Å². The molecular formula is C21H28Cl3N5S. The van der Waals surface area contributed by atoms with Crippen LogP contribution in [-0.2, 0) is 6.54 Å². The van der Waals surface area contributed by atoms with Gasteiger partial charge in [0.2, 0.25) is 0 Å². The Bertz CT molecular complexity index is 867. The van der Waals surface area contributed by atoms with E-state index in [0.29, 0.717) is 12.1 Å². The Hall–Kier alpha value is -1.44. The third-order valence-electron chi connectivity index (χ3n) is 5.22. The molecule has 30 heavy (non-hydrogen) atoms. The van der Waals surface area contributed by atoms with Gasteiger partial charge in [0.1, 0.15) is 22.3 Å². The van der Waals surface area contributed by atoms with Gasteiger partial charge in [-0.05, 0) is 50.5 Å². The van der Waals surface area contributed by atoms with Crippen LogP contribution in [0.3, 0.4) is 0 Å². The van der Waals surface area contributed by atoms with E-state index in [1.165, 1.54) is 24.8 Å². The van der Waals surface area contributed by atoms with Crippen molar-refractivity contribution < 1.29 is 0 Å². The van der Waals surface area contributed by atoms with E-state index >= 15 is 0 Å². The quantitative estimate of drug-likeness (QED) is 0.452. The zero-order valence-corrected chi connectivity index (χ0v) is 20.3. The molecule has 0 aromatic carbocycles. The van der Waals surface area contributed by atoms with E-state index in [4.69, 9.17) is 0 Å². The fourth-order valence-electron chi connectivity index (χ4n) is 3.69. The van der Waals surface area contributed by atoms with Crippen molar-refractivity contribution in [3.63, 3.8) is 0 Å². The van der Waals surface area contributed by atoms with E-state index in [0.717, 1.165) is 28.9 Å². The smallest absolute Gasteiger partial charge is 0.141 e.